The van der Waals surface area contributed by atoms with E-state index < -0.39 is 10.1 Å². The first-order valence-corrected chi connectivity index (χ1v) is 14.1. The Labute approximate surface area is 215 Å². The van der Waals surface area contributed by atoms with Crippen LogP contribution in [0.15, 0.2) is 96.2 Å². The summed E-state index contributed by atoms with van der Waals surface area (Å²) in [6.07, 6.45) is 7.01. The summed E-state index contributed by atoms with van der Waals surface area (Å²) in [6, 6.07) is 26.3. The molecule has 0 spiro atoms. The molecule has 4 rings (SSSR count). The van der Waals surface area contributed by atoms with Gasteiger partial charge in [-0.25, -0.2) is 0 Å². The van der Waals surface area contributed by atoms with Crippen molar-refractivity contribution in [2.75, 3.05) is 6.67 Å². The Bertz CT molecular complexity index is 1240. The number of nitrogens with zero attached hydrogens (tertiary/aromatic N) is 1. The quantitative estimate of drug-likeness (QED) is 0.287. The summed E-state index contributed by atoms with van der Waals surface area (Å²) in [4.78, 5) is 2.17. The molecule has 0 bridgehead atoms. The molecule has 36 heavy (non-hydrogen) atoms. The van der Waals surface area contributed by atoms with Crippen LogP contribution in [0.25, 0.3) is 0 Å². The molecule has 0 radical (unpaired) electrons. The van der Waals surface area contributed by atoms with Gasteiger partial charge in [0.1, 0.15) is 0 Å². The van der Waals surface area contributed by atoms with Gasteiger partial charge in [-0.05, 0) is 71.4 Å². The van der Waals surface area contributed by atoms with Crippen LogP contribution in [-0.4, -0.2) is 24.5 Å². The van der Waals surface area contributed by atoms with Gasteiger partial charge in [-0.1, -0.05) is 80.6 Å². The van der Waals surface area contributed by atoms with E-state index in [-0.39, 0.29) is 10.8 Å². The van der Waals surface area contributed by atoms with E-state index in [1.54, 1.807) is 0 Å². The Hall–Kier alpha value is -3.09. The highest BCUT2D eigenvalue weighted by Crippen LogP contribution is 2.38. The van der Waals surface area contributed by atoms with Crippen molar-refractivity contribution in [3.8, 4) is 0 Å². The van der Waals surface area contributed by atoms with E-state index in [4.69, 9.17) is 0 Å². The van der Waals surface area contributed by atoms with Crippen molar-refractivity contribution in [3.63, 3.8) is 0 Å². The van der Waals surface area contributed by atoms with Crippen LogP contribution in [0.1, 0.15) is 73.1 Å². The zero-order valence-corrected chi connectivity index (χ0v) is 21.9. The van der Waals surface area contributed by atoms with Gasteiger partial charge in [-0.15, -0.1) is 0 Å². The fraction of sp³-hybridized carbons (Fsp3) is 0.333. The van der Waals surface area contributed by atoms with Crippen LogP contribution in [0.4, 0.5) is 0 Å². The largest absolute Gasteiger partial charge is 0.373 e. The van der Waals surface area contributed by atoms with Crippen LogP contribution in [-0.2, 0) is 16.7 Å². The third kappa shape index (κ3) is 6.77. The Kier molecular flexibility index (Phi) is 8.49. The lowest BCUT2D eigenvalue weighted by molar-refractivity contribution is 0.385. The minimum Gasteiger partial charge on any atom is -0.373 e. The normalized spacial score (nSPS) is 15.9. The maximum absolute atomic E-state index is 11.6. The molecule has 5 nitrogen and oxygen atoms in total. The Balaban J connectivity index is 1.54. The zero-order valence-electron chi connectivity index (χ0n) is 21.0. The van der Waals surface area contributed by atoms with Gasteiger partial charge in [0.15, 0.2) is 0 Å². The number of hydrogen-bond acceptors (Lipinski definition) is 4. The van der Waals surface area contributed by atoms with Crippen LogP contribution in [0.3, 0.4) is 0 Å². The van der Waals surface area contributed by atoms with Gasteiger partial charge >= 0.3 is 0 Å². The zero-order chi connectivity index (χ0) is 25.5. The van der Waals surface area contributed by atoms with E-state index in [1.807, 2.05) is 24.4 Å². The van der Waals surface area contributed by atoms with Crippen LogP contribution in [0.5, 0.6) is 0 Å². The molecule has 0 saturated carbocycles. The molecule has 0 fully saturated rings. The molecule has 3 aromatic carbocycles. The summed E-state index contributed by atoms with van der Waals surface area (Å²) in [7, 11) is -4.21. The number of benzene rings is 3. The molecule has 0 amide bonds. The van der Waals surface area contributed by atoms with Crippen LogP contribution < -0.4 is 5.32 Å². The average Bonchev–Trinajstić information content (AvgIpc) is 3.40. The van der Waals surface area contributed by atoms with Gasteiger partial charge < -0.3 is 10.2 Å². The highest BCUT2D eigenvalue weighted by atomic mass is 32.2. The second-order valence-electron chi connectivity index (χ2n) is 9.80. The number of nitrogens with one attached hydrogen (secondary N) is 1. The molecule has 1 aliphatic rings. The van der Waals surface area contributed by atoms with Crippen molar-refractivity contribution >= 4 is 10.1 Å². The SMILES string of the molecule is CCC(CC(CC(C)c1ccc(CN2C=CNC2)cc1)c1ccc(S(=O)(=O)O)cc1)c1ccccc1. The Morgan fingerprint density at radius 1 is 0.861 bits per heavy atom. The molecule has 6 heteroatoms. The number of hydrogen-bond donors (Lipinski definition) is 2. The monoisotopic (exact) mass is 504 g/mol. The lowest BCUT2D eigenvalue weighted by Gasteiger charge is -2.27. The second-order valence-corrected chi connectivity index (χ2v) is 11.2. The fourth-order valence-electron chi connectivity index (χ4n) is 5.13. The fourth-order valence-corrected chi connectivity index (χ4v) is 5.61. The van der Waals surface area contributed by atoms with Crippen molar-refractivity contribution in [2.45, 2.75) is 62.3 Å². The van der Waals surface area contributed by atoms with Crippen LogP contribution in [0, 0.1) is 0 Å². The molecule has 3 aromatic rings. The maximum Gasteiger partial charge on any atom is 0.294 e. The third-order valence-electron chi connectivity index (χ3n) is 7.25. The van der Waals surface area contributed by atoms with E-state index in [9.17, 15) is 13.0 Å². The van der Waals surface area contributed by atoms with E-state index >= 15 is 0 Å². The first-order chi connectivity index (χ1) is 17.3. The van der Waals surface area contributed by atoms with Gasteiger partial charge in [0.2, 0.25) is 0 Å². The van der Waals surface area contributed by atoms with Gasteiger partial charge in [0.05, 0.1) is 11.6 Å². The van der Waals surface area contributed by atoms with Crippen molar-refractivity contribution < 1.29 is 13.0 Å². The highest BCUT2D eigenvalue weighted by molar-refractivity contribution is 7.85. The molecule has 190 valence electrons. The smallest absolute Gasteiger partial charge is 0.294 e. The summed E-state index contributed by atoms with van der Waals surface area (Å²) in [5.41, 5.74) is 5.03. The van der Waals surface area contributed by atoms with Crippen LogP contribution in [0.2, 0.25) is 0 Å². The predicted molar refractivity (Wildman–Crippen MR) is 145 cm³/mol. The predicted octanol–water partition coefficient (Wildman–Crippen LogP) is 6.63. The van der Waals surface area contributed by atoms with Crippen LogP contribution >= 0.6 is 0 Å². The maximum atomic E-state index is 11.6. The molecule has 1 heterocycles. The summed E-state index contributed by atoms with van der Waals surface area (Å²) < 4.78 is 32.6. The van der Waals surface area contributed by atoms with E-state index in [0.717, 1.165) is 38.0 Å². The van der Waals surface area contributed by atoms with Crippen molar-refractivity contribution in [1.29, 1.82) is 0 Å². The Morgan fingerprint density at radius 3 is 2.08 bits per heavy atom. The molecule has 0 aromatic heterocycles. The topological polar surface area (TPSA) is 69.6 Å². The lowest BCUT2D eigenvalue weighted by Crippen LogP contribution is -2.19. The summed E-state index contributed by atoms with van der Waals surface area (Å²) in [6.45, 7) is 6.22. The summed E-state index contributed by atoms with van der Waals surface area (Å²) >= 11 is 0. The molecule has 1 aliphatic heterocycles. The standard InChI is InChI=1S/C30H36N2O3S/c1-3-25(27-7-5-4-6-8-27)20-29(28-13-15-30(16-14-28)36(33,34)35)19-23(2)26-11-9-24(10-12-26)21-32-18-17-31-22-32/h4-18,23,25,29,31H,3,19-22H2,1-2H3,(H,33,34,35). The molecule has 3 unspecified atom stereocenters. The molecular formula is C30H36N2O3S. The minimum atomic E-state index is -4.21. The van der Waals surface area contributed by atoms with Crippen molar-refractivity contribution in [3.05, 3.63) is 114 Å². The molecule has 0 aliphatic carbocycles. The Morgan fingerprint density at radius 2 is 1.50 bits per heavy atom. The minimum absolute atomic E-state index is 0.0632. The van der Waals surface area contributed by atoms with Gasteiger partial charge in [-0.3, -0.25) is 4.55 Å². The second kappa shape index (κ2) is 11.8. The molecule has 0 saturated heterocycles. The molecule has 3 atom stereocenters. The first-order valence-electron chi connectivity index (χ1n) is 12.7. The summed E-state index contributed by atoms with van der Waals surface area (Å²) in [5.74, 6) is 1.00. The van der Waals surface area contributed by atoms with E-state index in [0.29, 0.717) is 11.8 Å². The summed E-state index contributed by atoms with van der Waals surface area (Å²) in [5, 5.41) is 3.20. The first kappa shape index (κ1) is 26.0. The van der Waals surface area contributed by atoms with Crippen molar-refractivity contribution in [2.24, 2.45) is 0 Å². The van der Waals surface area contributed by atoms with E-state index in [2.05, 4.69) is 78.8 Å². The van der Waals surface area contributed by atoms with Gasteiger partial charge in [0.25, 0.3) is 10.1 Å². The number of rotatable bonds is 11. The van der Waals surface area contributed by atoms with Crippen molar-refractivity contribution in [1.82, 2.24) is 10.2 Å². The van der Waals surface area contributed by atoms with E-state index in [1.165, 1.54) is 28.8 Å². The highest BCUT2D eigenvalue weighted by Gasteiger charge is 2.22. The molecular weight excluding hydrogens is 468 g/mol. The third-order valence-corrected chi connectivity index (χ3v) is 8.12. The molecule has 2 N–H and O–H groups in total. The average molecular weight is 505 g/mol. The van der Waals surface area contributed by atoms with Gasteiger partial charge in [-0.2, -0.15) is 8.42 Å². The lowest BCUT2D eigenvalue weighted by atomic mass is 9.78. The van der Waals surface area contributed by atoms with Gasteiger partial charge in [0, 0.05) is 18.9 Å².